The Balaban J connectivity index is 1.67. The van der Waals surface area contributed by atoms with Gasteiger partial charge in [-0.05, 0) is 18.6 Å². The number of rotatable bonds is 2. The molecule has 1 aromatic heterocycles. The van der Waals surface area contributed by atoms with Crippen LogP contribution in [0.2, 0.25) is 0 Å². The monoisotopic (exact) mass is 338 g/mol. The van der Waals surface area contributed by atoms with E-state index >= 15 is 0 Å². The number of imidazole rings is 1. The molecule has 128 valence electrons. The lowest BCUT2D eigenvalue weighted by Crippen LogP contribution is -2.49. The number of nitrogens with zero attached hydrogens (tertiary/aromatic N) is 3. The summed E-state index contributed by atoms with van der Waals surface area (Å²) < 4.78 is 7.43. The van der Waals surface area contributed by atoms with Crippen LogP contribution in [0.3, 0.4) is 0 Å². The number of benzene rings is 1. The summed E-state index contributed by atoms with van der Waals surface area (Å²) in [6.45, 7) is 10.00. The van der Waals surface area contributed by atoms with Crippen molar-refractivity contribution >= 4 is 28.6 Å². The van der Waals surface area contributed by atoms with E-state index < -0.39 is 17.1 Å². The minimum absolute atomic E-state index is 0.171. The lowest BCUT2D eigenvalue weighted by Gasteiger charge is -2.41. The summed E-state index contributed by atoms with van der Waals surface area (Å²) in [4.78, 5) is 32.0. The molecule has 0 unspecified atom stereocenters. The van der Waals surface area contributed by atoms with Gasteiger partial charge in [0.15, 0.2) is 5.69 Å². The number of carbonyl (C=O) groups excluding carboxylic acids is 2. The maximum absolute atomic E-state index is 12.7. The van der Waals surface area contributed by atoms with Crippen molar-refractivity contribution in [2.24, 2.45) is 5.41 Å². The van der Waals surface area contributed by atoms with E-state index in [0.29, 0.717) is 38.0 Å². The summed E-state index contributed by atoms with van der Waals surface area (Å²) in [5.41, 5.74) is 0.927. The molecule has 4 rings (SSSR count). The van der Waals surface area contributed by atoms with E-state index in [-0.39, 0.29) is 5.78 Å². The maximum Gasteiger partial charge on any atom is 0.407 e. The predicted molar refractivity (Wildman–Crippen MR) is 90.2 cm³/mol. The lowest BCUT2D eigenvalue weighted by atomic mass is 9.67. The molecule has 2 aliphatic rings. The van der Waals surface area contributed by atoms with E-state index in [9.17, 15) is 9.59 Å². The van der Waals surface area contributed by atoms with Gasteiger partial charge in [-0.3, -0.25) is 4.79 Å². The summed E-state index contributed by atoms with van der Waals surface area (Å²) in [5, 5.41) is 2.71. The molecule has 1 aliphatic heterocycles. The first kappa shape index (κ1) is 15.6. The smallest absolute Gasteiger partial charge is 0.407 e. The third kappa shape index (κ3) is 2.54. The van der Waals surface area contributed by atoms with Crippen LogP contribution in [-0.2, 0) is 16.1 Å². The van der Waals surface area contributed by atoms with Crippen LogP contribution < -0.4 is 5.32 Å². The van der Waals surface area contributed by atoms with Gasteiger partial charge in [0.05, 0.1) is 30.5 Å². The molecular formula is C18H18N4O3. The van der Waals surface area contributed by atoms with Gasteiger partial charge in [-0.15, -0.1) is 0 Å². The van der Waals surface area contributed by atoms with Gasteiger partial charge in [-0.1, -0.05) is 13.0 Å². The summed E-state index contributed by atoms with van der Waals surface area (Å²) >= 11 is 0. The Hall–Kier alpha value is -2.88. The van der Waals surface area contributed by atoms with Crippen molar-refractivity contribution in [3.63, 3.8) is 0 Å². The van der Waals surface area contributed by atoms with Crippen LogP contribution in [0.15, 0.2) is 24.5 Å². The highest BCUT2D eigenvalue weighted by molar-refractivity contribution is 5.86. The van der Waals surface area contributed by atoms with Crippen molar-refractivity contribution in [3.05, 3.63) is 35.9 Å². The van der Waals surface area contributed by atoms with Gasteiger partial charge < -0.3 is 14.6 Å². The third-order valence-corrected chi connectivity index (χ3v) is 5.31. The molecule has 7 heteroatoms. The second-order valence-corrected chi connectivity index (χ2v) is 7.24. The number of ether oxygens (including phenoxy) is 1. The van der Waals surface area contributed by atoms with E-state index in [0.717, 1.165) is 11.0 Å². The molecule has 1 N–H and O–H groups in total. The molecule has 1 saturated heterocycles. The Morgan fingerprint density at radius 2 is 2.28 bits per heavy atom. The Labute approximate surface area is 144 Å². The minimum atomic E-state index is -0.647. The topological polar surface area (TPSA) is 77.6 Å². The highest BCUT2D eigenvalue weighted by atomic mass is 16.6. The van der Waals surface area contributed by atoms with Gasteiger partial charge in [0.25, 0.3) is 0 Å². The van der Waals surface area contributed by atoms with Gasteiger partial charge in [-0.2, -0.15) is 0 Å². The fraction of sp³-hybridized carbons (Fsp3) is 0.444. The highest BCUT2D eigenvalue weighted by Crippen LogP contribution is 2.43. The quantitative estimate of drug-likeness (QED) is 0.854. The van der Waals surface area contributed by atoms with Gasteiger partial charge in [0.2, 0.25) is 0 Å². The molecule has 2 heterocycles. The fourth-order valence-corrected chi connectivity index (χ4v) is 4.04. The largest absolute Gasteiger partial charge is 0.441 e. The van der Waals surface area contributed by atoms with Crippen LogP contribution in [-0.4, -0.2) is 33.6 Å². The van der Waals surface area contributed by atoms with Crippen molar-refractivity contribution in [2.45, 2.75) is 38.3 Å². The first-order valence-electron chi connectivity index (χ1n) is 8.26. The van der Waals surface area contributed by atoms with E-state index in [2.05, 4.69) is 15.1 Å². The lowest BCUT2D eigenvalue weighted by molar-refractivity contribution is -0.138. The number of ketones is 1. The molecule has 2 aromatic rings. The summed E-state index contributed by atoms with van der Waals surface area (Å²) in [6.07, 6.45) is 2.74. The second kappa shape index (κ2) is 5.31. The predicted octanol–water partition coefficient (Wildman–Crippen LogP) is 2.82. The zero-order chi connectivity index (χ0) is 17.7. The number of Topliss-reactive ketones (excluding diaryl/α,β-unsaturated/α-hetero) is 1. The Bertz CT molecular complexity index is 928. The number of hydrogen-bond donors (Lipinski definition) is 1. The van der Waals surface area contributed by atoms with E-state index in [1.807, 2.05) is 17.6 Å². The number of aromatic nitrogens is 2. The van der Waals surface area contributed by atoms with Crippen LogP contribution in [0.25, 0.3) is 15.9 Å². The molecule has 25 heavy (non-hydrogen) atoms. The number of carbonyl (C=O) groups is 2. The molecule has 0 bridgehead atoms. The van der Waals surface area contributed by atoms with E-state index in [4.69, 9.17) is 11.3 Å². The third-order valence-electron chi connectivity index (χ3n) is 5.31. The molecular weight excluding hydrogens is 320 g/mol. The molecule has 2 atom stereocenters. The highest BCUT2D eigenvalue weighted by Gasteiger charge is 2.52. The van der Waals surface area contributed by atoms with Crippen molar-refractivity contribution in [1.82, 2.24) is 14.9 Å². The van der Waals surface area contributed by atoms with Gasteiger partial charge >= 0.3 is 6.09 Å². The minimum Gasteiger partial charge on any atom is -0.441 e. The summed E-state index contributed by atoms with van der Waals surface area (Å²) in [5.74, 6) is 0.171. The zero-order valence-electron chi connectivity index (χ0n) is 13.9. The zero-order valence-corrected chi connectivity index (χ0v) is 13.9. The number of fused-ring (bicyclic) bond motifs is 1. The summed E-state index contributed by atoms with van der Waals surface area (Å²) in [7, 11) is 0. The van der Waals surface area contributed by atoms with Gasteiger partial charge in [-0.25, -0.2) is 14.6 Å². The number of alkyl carbamates (subject to hydrolysis) is 1. The maximum atomic E-state index is 12.7. The molecule has 1 aliphatic carbocycles. The first-order valence-corrected chi connectivity index (χ1v) is 8.26. The molecule has 0 radical (unpaired) electrons. The molecule has 1 saturated carbocycles. The van der Waals surface area contributed by atoms with Crippen LogP contribution >= 0.6 is 0 Å². The van der Waals surface area contributed by atoms with Crippen LogP contribution in [0.4, 0.5) is 10.5 Å². The van der Waals surface area contributed by atoms with Crippen LogP contribution in [0.1, 0.15) is 26.2 Å². The number of nitrogens with one attached hydrogen (secondary N) is 1. The number of hydrogen-bond acceptors (Lipinski definition) is 4. The van der Waals surface area contributed by atoms with Crippen molar-refractivity contribution < 1.29 is 14.3 Å². The molecule has 1 spiro atoms. The Kier molecular flexibility index (Phi) is 3.32. The molecule has 7 nitrogen and oxygen atoms in total. The van der Waals surface area contributed by atoms with Gasteiger partial charge in [0.1, 0.15) is 11.4 Å². The van der Waals surface area contributed by atoms with Crippen molar-refractivity contribution in [2.75, 3.05) is 6.54 Å². The number of amides is 1. The first-order chi connectivity index (χ1) is 11.9. The average molecular weight is 338 g/mol. The standard InChI is InChI=1S/C18H18N4O3/c1-17(8-18(6-5-15(17)23)9-20-16(24)25-18)10-22-11-21-13-4-3-12(19-2)7-14(13)22/h3-4,7,11H,5-6,8-10H2,1H3,(H,20,24)/t17-,18-/m0/s1. The molecule has 1 amide bonds. The van der Waals surface area contributed by atoms with E-state index in [1.54, 1.807) is 18.5 Å². The van der Waals surface area contributed by atoms with Crippen LogP contribution in [0, 0.1) is 12.0 Å². The van der Waals surface area contributed by atoms with Crippen molar-refractivity contribution in [1.29, 1.82) is 0 Å². The van der Waals surface area contributed by atoms with E-state index in [1.165, 1.54) is 0 Å². The Morgan fingerprint density at radius 1 is 1.44 bits per heavy atom. The SMILES string of the molecule is [C-]#[N+]c1ccc2ncn(C[C@]3(C)C[C@@]4(CCC3=O)CNC(=O)O4)c2c1. The molecule has 2 fully saturated rings. The normalized spacial score (nSPS) is 28.8. The Morgan fingerprint density at radius 3 is 3.00 bits per heavy atom. The van der Waals surface area contributed by atoms with Crippen LogP contribution in [0.5, 0.6) is 0 Å². The fourth-order valence-electron chi connectivity index (χ4n) is 4.04. The van der Waals surface area contributed by atoms with Crippen molar-refractivity contribution in [3.8, 4) is 0 Å². The average Bonchev–Trinajstić information content (AvgIpc) is 3.15. The molecule has 1 aromatic carbocycles. The van der Waals surface area contributed by atoms with Gasteiger partial charge in [0, 0.05) is 24.8 Å². The summed E-state index contributed by atoms with van der Waals surface area (Å²) in [6, 6.07) is 5.34. The second-order valence-electron chi connectivity index (χ2n) is 7.24.